The van der Waals surface area contributed by atoms with Crippen molar-refractivity contribution in [2.45, 2.75) is 22.3 Å². The number of halogens is 5. The minimum atomic E-state index is -4.36. The molecule has 2 rings (SSSR count). The van der Waals surface area contributed by atoms with Gasteiger partial charge in [0.25, 0.3) is 0 Å². The van der Waals surface area contributed by atoms with Gasteiger partial charge < -0.3 is 5.73 Å². The fraction of sp³-hybridized carbons (Fsp3) is 0.312. The van der Waals surface area contributed by atoms with Gasteiger partial charge in [0.1, 0.15) is 11.8 Å². The molecule has 0 saturated carbocycles. The first-order valence-electron chi connectivity index (χ1n) is 7.70. The highest BCUT2D eigenvalue weighted by Crippen LogP contribution is 2.35. The van der Waals surface area contributed by atoms with Crippen molar-refractivity contribution >= 4 is 68.3 Å². The van der Waals surface area contributed by atoms with E-state index in [9.17, 15) is 8.42 Å². The van der Waals surface area contributed by atoms with Gasteiger partial charge in [0.2, 0.25) is 3.79 Å². The van der Waals surface area contributed by atoms with Gasteiger partial charge in [-0.15, -0.1) is 0 Å². The molecule has 154 valence electrons. The van der Waals surface area contributed by atoms with Gasteiger partial charge in [0.05, 0.1) is 11.6 Å². The third kappa shape index (κ3) is 6.58. The summed E-state index contributed by atoms with van der Waals surface area (Å²) in [5, 5.41) is 0.749. The Labute approximate surface area is 188 Å². The van der Waals surface area contributed by atoms with Crippen molar-refractivity contribution in [2.75, 3.05) is 6.61 Å². The van der Waals surface area contributed by atoms with Gasteiger partial charge in [-0.3, -0.25) is 4.18 Å². The number of nitrogens with zero attached hydrogens (tertiary/aromatic N) is 1. The summed E-state index contributed by atoms with van der Waals surface area (Å²) in [5.74, 6) is 0. The predicted molar refractivity (Wildman–Crippen MR) is 113 cm³/mol. The van der Waals surface area contributed by atoms with Crippen molar-refractivity contribution in [3.05, 3.63) is 63.9 Å². The third-order valence-corrected chi connectivity index (χ3v) is 5.80. The molecule has 0 bridgehead atoms. The number of nitrogens with one attached hydrogen (secondary N) is 1. The summed E-state index contributed by atoms with van der Waals surface area (Å²) < 4.78 is 30.3. The van der Waals surface area contributed by atoms with Gasteiger partial charge in [-0.1, -0.05) is 76.2 Å². The molecule has 1 aromatic heterocycles. The minimum Gasteiger partial charge on any atom is -0.322 e. The number of nitrogens with two attached hydrogens (primary N) is 1. The third-order valence-electron chi connectivity index (χ3n) is 3.89. The second-order valence-electron chi connectivity index (χ2n) is 6.03. The number of benzene rings is 1. The number of pyridine rings is 1. The van der Waals surface area contributed by atoms with Crippen molar-refractivity contribution in [3.63, 3.8) is 0 Å². The van der Waals surface area contributed by atoms with Gasteiger partial charge >= 0.3 is 10.3 Å². The van der Waals surface area contributed by atoms with Crippen molar-refractivity contribution < 1.29 is 12.6 Å². The van der Waals surface area contributed by atoms with Gasteiger partial charge in [-0.25, -0.2) is 4.98 Å². The maximum Gasteiger partial charge on any atom is 0.336 e. The molecular weight excluding hydrogens is 492 g/mol. The van der Waals surface area contributed by atoms with E-state index >= 15 is 0 Å². The van der Waals surface area contributed by atoms with Crippen LogP contribution >= 0.6 is 58.0 Å². The molecule has 6 nitrogen and oxygen atoms in total. The lowest BCUT2D eigenvalue weighted by molar-refractivity contribution is 0.283. The molecule has 3 N–H and O–H groups in total. The van der Waals surface area contributed by atoms with E-state index in [-0.39, 0.29) is 5.15 Å². The van der Waals surface area contributed by atoms with E-state index in [1.54, 1.807) is 37.3 Å². The number of hydrogen-bond acceptors (Lipinski definition) is 5. The average molecular weight is 508 g/mol. The lowest BCUT2D eigenvalue weighted by Gasteiger charge is -2.36. The Morgan fingerprint density at radius 2 is 1.75 bits per heavy atom. The summed E-state index contributed by atoms with van der Waals surface area (Å²) in [6, 6.07) is 8.92. The molecule has 0 amide bonds. The molecule has 0 radical (unpaired) electrons. The summed E-state index contributed by atoms with van der Waals surface area (Å²) in [6.07, 6.45) is 1.41. The van der Waals surface area contributed by atoms with Crippen LogP contribution in [0.1, 0.15) is 24.1 Å². The molecule has 2 atom stereocenters. The lowest BCUT2D eigenvalue weighted by Crippen LogP contribution is -2.51. The summed E-state index contributed by atoms with van der Waals surface area (Å²) in [4.78, 5) is 4.00. The van der Waals surface area contributed by atoms with Crippen LogP contribution in [0.3, 0.4) is 0 Å². The molecule has 1 heterocycles. The SMILES string of the molecule is C[C@](NS(=O)(=O)OCC(Cl)(Cl)Cl)(c1ccc(Cl)nc1)[C@H](N)c1ccc(Cl)cc1. The highest BCUT2D eigenvalue weighted by atomic mass is 35.6. The molecule has 0 saturated heterocycles. The number of aromatic nitrogens is 1. The first kappa shape index (κ1) is 23.9. The van der Waals surface area contributed by atoms with Crippen molar-refractivity contribution in [1.82, 2.24) is 9.71 Å². The minimum absolute atomic E-state index is 0.237. The highest BCUT2D eigenvalue weighted by molar-refractivity contribution is 7.84. The summed E-state index contributed by atoms with van der Waals surface area (Å²) in [6.45, 7) is 0.894. The Bertz CT molecular complexity index is 905. The second-order valence-corrected chi connectivity index (χ2v) is 10.7. The van der Waals surface area contributed by atoms with E-state index in [1.165, 1.54) is 12.3 Å². The number of hydrogen-bond donors (Lipinski definition) is 2. The largest absolute Gasteiger partial charge is 0.336 e. The first-order chi connectivity index (χ1) is 12.8. The first-order valence-corrected chi connectivity index (χ1v) is 11.0. The van der Waals surface area contributed by atoms with Crippen LogP contribution in [0, 0.1) is 0 Å². The van der Waals surface area contributed by atoms with E-state index in [2.05, 4.69) is 9.71 Å². The second kappa shape index (κ2) is 9.20. The fourth-order valence-corrected chi connectivity index (χ4v) is 4.17. The predicted octanol–water partition coefficient (Wildman–Crippen LogP) is 4.52. The topological polar surface area (TPSA) is 94.3 Å². The van der Waals surface area contributed by atoms with Crippen LogP contribution in [0.15, 0.2) is 42.6 Å². The molecule has 28 heavy (non-hydrogen) atoms. The Hall–Kier alpha value is -0.350. The molecule has 1 aromatic carbocycles. The summed E-state index contributed by atoms with van der Waals surface area (Å²) in [5.41, 5.74) is 6.10. The highest BCUT2D eigenvalue weighted by Gasteiger charge is 2.40. The maximum atomic E-state index is 12.5. The molecule has 0 spiro atoms. The standard InChI is InChI=1S/C16H16Cl5N3O3S/c1-15(11-4-7-13(18)23-8-11,14(22)10-2-5-12(17)6-3-10)24-28(25,26)27-9-16(19,20)21/h2-8,14,24H,9,22H2,1H3/t14-,15+/m1/s1. The van der Waals surface area contributed by atoms with Crippen LogP contribution in [0.5, 0.6) is 0 Å². The molecule has 0 aliphatic carbocycles. The Kier molecular flexibility index (Phi) is 7.86. The van der Waals surface area contributed by atoms with Crippen LogP contribution in [0.4, 0.5) is 0 Å². The van der Waals surface area contributed by atoms with Crippen LogP contribution in [0.2, 0.25) is 10.2 Å². The zero-order chi connectivity index (χ0) is 21.2. The monoisotopic (exact) mass is 505 g/mol. The summed E-state index contributed by atoms with van der Waals surface area (Å²) in [7, 11) is -4.36. The van der Waals surface area contributed by atoms with Gasteiger partial charge in [0, 0.05) is 11.2 Å². The van der Waals surface area contributed by atoms with Crippen LogP contribution < -0.4 is 10.5 Å². The fourth-order valence-electron chi connectivity index (χ4n) is 2.42. The van der Waals surface area contributed by atoms with E-state index in [1.807, 2.05) is 0 Å². The molecule has 2 aromatic rings. The van der Waals surface area contributed by atoms with Crippen LogP contribution in [-0.2, 0) is 20.0 Å². The van der Waals surface area contributed by atoms with Gasteiger partial charge in [0.15, 0.2) is 0 Å². The van der Waals surface area contributed by atoms with Crippen LogP contribution in [0.25, 0.3) is 0 Å². The smallest absolute Gasteiger partial charge is 0.322 e. The summed E-state index contributed by atoms with van der Waals surface area (Å²) >= 11 is 28.5. The Morgan fingerprint density at radius 3 is 2.25 bits per heavy atom. The van der Waals surface area contributed by atoms with Crippen LogP contribution in [-0.4, -0.2) is 23.8 Å². The Morgan fingerprint density at radius 1 is 1.14 bits per heavy atom. The number of alkyl halides is 3. The molecule has 0 fully saturated rings. The van der Waals surface area contributed by atoms with E-state index in [0.717, 1.165) is 0 Å². The zero-order valence-corrected chi connectivity index (χ0v) is 19.0. The molecular formula is C16H16Cl5N3O3S. The van der Waals surface area contributed by atoms with E-state index in [4.69, 9.17) is 67.9 Å². The van der Waals surface area contributed by atoms with Gasteiger partial charge in [-0.05, 0) is 36.2 Å². The zero-order valence-electron chi connectivity index (χ0n) is 14.4. The quantitative estimate of drug-likeness (QED) is 0.424. The van der Waals surface area contributed by atoms with Crippen molar-refractivity contribution in [3.8, 4) is 0 Å². The van der Waals surface area contributed by atoms with E-state index < -0.39 is 32.3 Å². The lowest BCUT2D eigenvalue weighted by atomic mass is 9.83. The average Bonchev–Trinajstić information content (AvgIpc) is 2.60. The normalized spacial score (nSPS) is 15.8. The maximum absolute atomic E-state index is 12.5. The molecule has 0 unspecified atom stereocenters. The Balaban J connectivity index is 2.44. The van der Waals surface area contributed by atoms with Crippen molar-refractivity contribution in [1.29, 1.82) is 0 Å². The van der Waals surface area contributed by atoms with Gasteiger partial charge in [-0.2, -0.15) is 13.1 Å². The molecule has 0 aliphatic heterocycles. The molecule has 0 aliphatic rings. The molecule has 12 heteroatoms. The van der Waals surface area contributed by atoms with Crippen molar-refractivity contribution in [2.24, 2.45) is 5.73 Å². The van der Waals surface area contributed by atoms with E-state index in [0.29, 0.717) is 16.1 Å². The number of rotatable bonds is 7.